The number of rotatable bonds is 4. The summed E-state index contributed by atoms with van der Waals surface area (Å²) in [4.78, 5) is 0. The van der Waals surface area contributed by atoms with Gasteiger partial charge < -0.3 is 0 Å². The van der Waals surface area contributed by atoms with Gasteiger partial charge in [0.25, 0.3) is 0 Å². The Balaban J connectivity index is 2.81. The highest BCUT2D eigenvalue weighted by molar-refractivity contribution is 5.88. The highest BCUT2D eigenvalue weighted by Gasteiger charge is 2.18. The smallest absolute Gasteiger partial charge is 0.0146 e. The average Bonchev–Trinajstić information content (AvgIpc) is 2.44. The molecule has 0 spiro atoms. The molecule has 0 radical (unpaired) electrons. The van der Waals surface area contributed by atoms with Crippen LogP contribution >= 0.6 is 0 Å². The Bertz CT molecular complexity index is 566. The van der Waals surface area contributed by atoms with E-state index in [1.807, 2.05) is 0 Å². The number of hydrogen-bond donors (Lipinski definition) is 0. The molecule has 0 aliphatic heterocycles. The summed E-state index contributed by atoms with van der Waals surface area (Å²) in [5.41, 5.74) is 4.64. The molecule has 2 aromatic rings. The Kier molecular flexibility index (Phi) is 4.29. The topological polar surface area (TPSA) is 0 Å². The molecule has 2 aromatic carbocycles. The molecule has 0 N–H and O–H groups in total. The van der Waals surface area contributed by atoms with Crippen LogP contribution in [0.25, 0.3) is 10.8 Å². The van der Waals surface area contributed by atoms with Crippen LogP contribution in [0.3, 0.4) is 0 Å². The lowest BCUT2D eigenvalue weighted by molar-refractivity contribution is 0.678. The Morgan fingerprint density at radius 1 is 0.895 bits per heavy atom. The monoisotopic (exact) mass is 254 g/mol. The molecule has 2 atom stereocenters. The van der Waals surface area contributed by atoms with E-state index in [-0.39, 0.29) is 0 Å². The van der Waals surface area contributed by atoms with Crippen LogP contribution in [0, 0.1) is 6.92 Å². The first-order chi connectivity index (χ1) is 9.10. The molecule has 0 aromatic heterocycles. The van der Waals surface area contributed by atoms with Gasteiger partial charge in [0.1, 0.15) is 0 Å². The number of hydrogen-bond acceptors (Lipinski definition) is 0. The Hall–Kier alpha value is -1.30. The van der Waals surface area contributed by atoms with Crippen LogP contribution < -0.4 is 0 Å². The molecule has 0 aliphatic carbocycles. The summed E-state index contributed by atoms with van der Waals surface area (Å²) in [6.45, 7) is 11.6. The van der Waals surface area contributed by atoms with Crippen molar-refractivity contribution in [3.8, 4) is 0 Å². The highest BCUT2D eigenvalue weighted by Crippen LogP contribution is 2.37. The van der Waals surface area contributed by atoms with Gasteiger partial charge in [0.2, 0.25) is 0 Å². The van der Waals surface area contributed by atoms with Crippen LogP contribution in [-0.2, 0) is 0 Å². The van der Waals surface area contributed by atoms with Crippen molar-refractivity contribution in [2.45, 2.75) is 59.3 Å². The van der Waals surface area contributed by atoms with Crippen molar-refractivity contribution in [2.75, 3.05) is 0 Å². The largest absolute Gasteiger partial charge is 0.0648 e. The van der Waals surface area contributed by atoms with Gasteiger partial charge in [-0.3, -0.25) is 0 Å². The molecule has 0 bridgehead atoms. The van der Waals surface area contributed by atoms with E-state index in [2.05, 4.69) is 65.0 Å². The zero-order valence-corrected chi connectivity index (χ0v) is 13.0. The Labute approximate surface area is 117 Å². The zero-order chi connectivity index (χ0) is 14.0. The third kappa shape index (κ3) is 2.54. The fourth-order valence-corrected chi connectivity index (χ4v) is 3.13. The predicted octanol–water partition coefficient (Wildman–Crippen LogP) is 6.18. The van der Waals surface area contributed by atoms with Crippen molar-refractivity contribution in [1.82, 2.24) is 0 Å². The lowest BCUT2D eigenvalue weighted by atomic mass is 9.81. The maximum Gasteiger partial charge on any atom is -0.0146 e. The van der Waals surface area contributed by atoms with Gasteiger partial charge in [0, 0.05) is 0 Å². The minimum atomic E-state index is 0.633. The molecule has 102 valence electrons. The molecule has 0 amide bonds. The van der Waals surface area contributed by atoms with Crippen LogP contribution in [-0.4, -0.2) is 0 Å². The summed E-state index contributed by atoms with van der Waals surface area (Å²) < 4.78 is 0. The molecule has 2 rings (SSSR count). The van der Waals surface area contributed by atoms with Crippen LogP contribution in [0.1, 0.15) is 69.1 Å². The van der Waals surface area contributed by atoms with Crippen LogP contribution in [0.5, 0.6) is 0 Å². The third-order valence-electron chi connectivity index (χ3n) is 4.55. The van der Waals surface area contributed by atoms with Crippen LogP contribution in [0.4, 0.5) is 0 Å². The molecule has 0 heteroatoms. The van der Waals surface area contributed by atoms with E-state index < -0.39 is 0 Å². The average molecular weight is 254 g/mol. The zero-order valence-electron chi connectivity index (χ0n) is 13.0. The molecule has 0 saturated heterocycles. The fraction of sp³-hybridized carbons (Fsp3) is 0.474. The highest BCUT2D eigenvalue weighted by atomic mass is 14.2. The molecule has 0 saturated carbocycles. The quantitative estimate of drug-likeness (QED) is 0.611. The summed E-state index contributed by atoms with van der Waals surface area (Å²) in [5, 5.41) is 2.85. The maximum absolute atomic E-state index is 2.37. The minimum Gasteiger partial charge on any atom is -0.0648 e. The molecule has 0 heterocycles. The van der Waals surface area contributed by atoms with E-state index in [9.17, 15) is 0 Å². The van der Waals surface area contributed by atoms with Gasteiger partial charge in [-0.15, -0.1) is 0 Å². The van der Waals surface area contributed by atoms with Gasteiger partial charge in [-0.2, -0.15) is 0 Å². The Morgan fingerprint density at radius 2 is 1.47 bits per heavy atom. The SMILES string of the molecule is CCC(C)c1c(C)cc2ccccc2c1C(C)CC. The van der Waals surface area contributed by atoms with Gasteiger partial charge in [-0.25, -0.2) is 0 Å². The summed E-state index contributed by atoms with van der Waals surface area (Å²) >= 11 is 0. The molecular formula is C19H26. The van der Waals surface area contributed by atoms with E-state index in [1.165, 1.54) is 29.2 Å². The van der Waals surface area contributed by atoms with Gasteiger partial charge in [0.15, 0.2) is 0 Å². The minimum absolute atomic E-state index is 0.633. The molecular weight excluding hydrogens is 228 g/mol. The van der Waals surface area contributed by atoms with Gasteiger partial charge in [0.05, 0.1) is 0 Å². The van der Waals surface area contributed by atoms with Crippen molar-refractivity contribution in [3.63, 3.8) is 0 Å². The number of benzene rings is 2. The molecule has 2 unspecified atom stereocenters. The van der Waals surface area contributed by atoms with Crippen molar-refractivity contribution in [2.24, 2.45) is 0 Å². The molecule has 0 fully saturated rings. The first kappa shape index (κ1) is 14.1. The molecule has 0 nitrogen and oxygen atoms in total. The van der Waals surface area contributed by atoms with Crippen molar-refractivity contribution in [1.29, 1.82) is 0 Å². The second kappa shape index (κ2) is 5.77. The van der Waals surface area contributed by atoms with E-state index in [4.69, 9.17) is 0 Å². The van der Waals surface area contributed by atoms with E-state index >= 15 is 0 Å². The van der Waals surface area contributed by atoms with Gasteiger partial charge in [-0.05, 0) is 59.1 Å². The van der Waals surface area contributed by atoms with Crippen LogP contribution in [0.2, 0.25) is 0 Å². The van der Waals surface area contributed by atoms with Crippen molar-refractivity contribution >= 4 is 10.8 Å². The lowest BCUT2D eigenvalue weighted by Crippen LogP contribution is -2.06. The maximum atomic E-state index is 2.37. The fourth-order valence-electron chi connectivity index (χ4n) is 3.13. The molecule has 19 heavy (non-hydrogen) atoms. The second-order valence-corrected chi connectivity index (χ2v) is 5.86. The number of fused-ring (bicyclic) bond motifs is 1. The summed E-state index contributed by atoms with van der Waals surface area (Å²) in [7, 11) is 0. The van der Waals surface area contributed by atoms with Crippen molar-refractivity contribution < 1.29 is 0 Å². The van der Waals surface area contributed by atoms with Crippen molar-refractivity contribution in [3.05, 3.63) is 47.0 Å². The van der Waals surface area contributed by atoms with E-state index in [0.29, 0.717) is 11.8 Å². The second-order valence-electron chi connectivity index (χ2n) is 5.86. The summed E-state index contributed by atoms with van der Waals surface area (Å²) in [6.07, 6.45) is 2.42. The van der Waals surface area contributed by atoms with E-state index in [1.54, 1.807) is 11.1 Å². The summed E-state index contributed by atoms with van der Waals surface area (Å²) in [5.74, 6) is 1.28. The lowest BCUT2D eigenvalue weighted by Gasteiger charge is -2.24. The van der Waals surface area contributed by atoms with E-state index in [0.717, 1.165) is 0 Å². The standard InChI is InChI=1S/C19H26/c1-6-13(3)18-15(5)12-16-10-8-9-11-17(16)19(18)14(4)7-2/h8-14H,6-7H2,1-5H3. The first-order valence-corrected chi connectivity index (χ1v) is 7.62. The third-order valence-corrected chi connectivity index (χ3v) is 4.55. The number of aryl methyl sites for hydroxylation is 1. The van der Waals surface area contributed by atoms with Gasteiger partial charge in [-0.1, -0.05) is 58.0 Å². The molecule has 0 aliphatic rings. The normalized spacial score (nSPS) is 14.6. The summed E-state index contributed by atoms with van der Waals surface area (Å²) in [6, 6.07) is 11.2. The van der Waals surface area contributed by atoms with Gasteiger partial charge >= 0.3 is 0 Å². The first-order valence-electron chi connectivity index (χ1n) is 7.62. The van der Waals surface area contributed by atoms with Crippen LogP contribution in [0.15, 0.2) is 30.3 Å². The predicted molar refractivity (Wildman–Crippen MR) is 86.1 cm³/mol. The Morgan fingerprint density at radius 3 is 2.11 bits per heavy atom.